The predicted octanol–water partition coefficient (Wildman–Crippen LogP) is 3.72. The van der Waals surface area contributed by atoms with Crippen LogP contribution in [0.15, 0.2) is 42.5 Å². The number of rotatable bonds is 5. The fourth-order valence-corrected chi connectivity index (χ4v) is 2.95. The van der Waals surface area contributed by atoms with Crippen LogP contribution in [0.25, 0.3) is 0 Å². The molecular weight excluding hydrogens is 356 g/mol. The first kappa shape index (κ1) is 18.2. The van der Waals surface area contributed by atoms with Crippen LogP contribution in [0.5, 0.6) is 5.75 Å². The fraction of sp³-hybridized carbons (Fsp3) is 0.263. The first-order chi connectivity index (χ1) is 12.6. The molecule has 136 valence electrons. The van der Waals surface area contributed by atoms with E-state index in [9.17, 15) is 9.59 Å². The lowest BCUT2D eigenvalue weighted by Gasteiger charge is -2.12. The third-order valence-electron chi connectivity index (χ3n) is 4.02. The highest BCUT2D eigenvalue weighted by Gasteiger charge is 2.23. The molecule has 6 nitrogen and oxygen atoms in total. The Balaban J connectivity index is 1.67. The molecule has 1 unspecified atom stereocenters. The van der Waals surface area contributed by atoms with Gasteiger partial charge in [-0.3, -0.25) is 9.59 Å². The van der Waals surface area contributed by atoms with Crippen molar-refractivity contribution in [2.45, 2.75) is 18.9 Å². The van der Waals surface area contributed by atoms with Crippen LogP contribution < -0.4 is 15.4 Å². The molecule has 0 radical (unpaired) electrons. The van der Waals surface area contributed by atoms with E-state index < -0.39 is 6.10 Å². The van der Waals surface area contributed by atoms with Gasteiger partial charge < -0.3 is 20.1 Å². The van der Waals surface area contributed by atoms with Crippen LogP contribution in [0.1, 0.15) is 23.2 Å². The van der Waals surface area contributed by atoms with E-state index >= 15 is 0 Å². The Bertz CT molecular complexity index is 819. The smallest absolute Gasteiger partial charge is 0.255 e. The maximum Gasteiger partial charge on any atom is 0.255 e. The lowest BCUT2D eigenvalue weighted by Crippen LogP contribution is -2.27. The minimum Gasteiger partial charge on any atom is -0.495 e. The average Bonchev–Trinajstić information content (AvgIpc) is 3.17. The van der Waals surface area contributed by atoms with Crippen molar-refractivity contribution in [2.75, 3.05) is 24.4 Å². The molecular formula is C19H19ClN2O4. The summed E-state index contributed by atoms with van der Waals surface area (Å²) < 4.78 is 10.4. The van der Waals surface area contributed by atoms with E-state index in [1.165, 1.54) is 7.11 Å². The molecule has 1 heterocycles. The summed E-state index contributed by atoms with van der Waals surface area (Å²) >= 11 is 6.07. The van der Waals surface area contributed by atoms with Crippen molar-refractivity contribution in [3.63, 3.8) is 0 Å². The minimum absolute atomic E-state index is 0.193. The van der Waals surface area contributed by atoms with Crippen molar-refractivity contribution in [3.8, 4) is 5.75 Å². The largest absolute Gasteiger partial charge is 0.495 e. The van der Waals surface area contributed by atoms with Crippen LogP contribution in [-0.2, 0) is 9.53 Å². The summed E-state index contributed by atoms with van der Waals surface area (Å²) in [5.41, 5.74) is 1.52. The van der Waals surface area contributed by atoms with Crippen LogP contribution in [0.3, 0.4) is 0 Å². The van der Waals surface area contributed by atoms with Crippen LogP contribution in [0.4, 0.5) is 11.4 Å². The Morgan fingerprint density at radius 1 is 1.15 bits per heavy atom. The van der Waals surface area contributed by atoms with Crippen molar-refractivity contribution in [3.05, 3.63) is 53.1 Å². The topological polar surface area (TPSA) is 76.7 Å². The molecule has 2 aromatic carbocycles. The number of ether oxygens (including phenoxy) is 2. The molecule has 1 saturated heterocycles. The number of anilines is 2. The molecule has 1 aliphatic heterocycles. The lowest BCUT2D eigenvalue weighted by atomic mass is 10.1. The molecule has 2 N–H and O–H groups in total. The summed E-state index contributed by atoms with van der Waals surface area (Å²) in [6, 6.07) is 11.7. The standard InChI is InChI=1S/C19H19ClN2O4/c1-25-16-8-7-14(11-15(16)20)21-18(23)12-4-2-5-13(10-12)22-19(24)17-6-3-9-26-17/h2,4-5,7-8,10-11,17H,3,6,9H2,1H3,(H,21,23)(H,22,24). The second kappa shape index (κ2) is 8.21. The summed E-state index contributed by atoms with van der Waals surface area (Å²) in [5.74, 6) is 0.0324. The minimum atomic E-state index is -0.422. The maximum absolute atomic E-state index is 12.5. The number of carbonyl (C=O) groups is 2. The van der Waals surface area contributed by atoms with Crippen molar-refractivity contribution in [1.29, 1.82) is 0 Å². The van der Waals surface area contributed by atoms with Gasteiger partial charge in [-0.1, -0.05) is 17.7 Å². The Hall–Kier alpha value is -2.57. The Kier molecular flexibility index (Phi) is 5.75. The normalized spacial score (nSPS) is 16.2. The van der Waals surface area contributed by atoms with Gasteiger partial charge in [0.2, 0.25) is 0 Å². The second-order valence-corrected chi connectivity index (χ2v) is 6.28. The van der Waals surface area contributed by atoms with Crippen molar-refractivity contribution in [1.82, 2.24) is 0 Å². The maximum atomic E-state index is 12.5. The van der Waals surface area contributed by atoms with Gasteiger partial charge in [-0.05, 0) is 49.2 Å². The van der Waals surface area contributed by atoms with E-state index in [4.69, 9.17) is 21.1 Å². The number of benzene rings is 2. The average molecular weight is 375 g/mol. The summed E-state index contributed by atoms with van der Waals surface area (Å²) in [5, 5.41) is 5.96. The monoisotopic (exact) mass is 374 g/mol. The van der Waals surface area contributed by atoms with Crippen molar-refractivity contribution >= 4 is 34.8 Å². The Morgan fingerprint density at radius 3 is 2.65 bits per heavy atom. The van der Waals surface area contributed by atoms with E-state index in [1.54, 1.807) is 42.5 Å². The summed E-state index contributed by atoms with van der Waals surface area (Å²) in [6.45, 7) is 0.602. The molecule has 0 aromatic heterocycles. The third kappa shape index (κ3) is 4.33. The van der Waals surface area contributed by atoms with Crippen molar-refractivity contribution in [2.24, 2.45) is 0 Å². The Morgan fingerprint density at radius 2 is 1.96 bits per heavy atom. The second-order valence-electron chi connectivity index (χ2n) is 5.88. The molecule has 2 aromatic rings. The van der Waals surface area contributed by atoms with Crippen LogP contribution in [0, 0.1) is 0 Å². The summed E-state index contributed by atoms with van der Waals surface area (Å²) in [4.78, 5) is 24.6. The SMILES string of the molecule is COc1ccc(NC(=O)c2cccc(NC(=O)C3CCCO3)c2)cc1Cl. The van der Waals surface area contributed by atoms with Gasteiger partial charge in [-0.15, -0.1) is 0 Å². The molecule has 7 heteroatoms. The van der Waals surface area contributed by atoms with Gasteiger partial charge in [0.25, 0.3) is 11.8 Å². The summed E-state index contributed by atoms with van der Waals surface area (Å²) in [6.07, 6.45) is 1.17. The Labute approximate surface area is 156 Å². The number of hydrogen-bond donors (Lipinski definition) is 2. The van der Waals surface area contributed by atoms with Gasteiger partial charge in [0.15, 0.2) is 0 Å². The third-order valence-corrected chi connectivity index (χ3v) is 4.32. The zero-order valence-corrected chi connectivity index (χ0v) is 15.0. The molecule has 0 spiro atoms. The highest BCUT2D eigenvalue weighted by molar-refractivity contribution is 6.32. The molecule has 1 aliphatic rings. The number of amides is 2. The highest BCUT2D eigenvalue weighted by Crippen LogP contribution is 2.27. The molecule has 0 saturated carbocycles. The van der Waals surface area contributed by atoms with Gasteiger partial charge in [-0.2, -0.15) is 0 Å². The number of halogens is 1. The fourth-order valence-electron chi connectivity index (χ4n) is 2.69. The van der Waals surface area contributed by atoms with Gasteiger partial charge in [0.1, 0.15) is 11.9 Å². The molecule has 1 atom stereocenters. The summed E-state index contributed by atoms with van der Waals surface area (Å²) in [7, 11) is 1.52. The van der Waals surface area contributed by atoms with Gasteiger partial charge in [0, 0.05) is 23.5 Å². The first-order valence-electron chi connectivity index (χ1n) is 8.24. The van der Waals surface area contributed by atoms with Gasteiger partial charge in [0.05, 0.1) is 12.1 Å². The van der Waals surface area contributed by atoms with E-state index in [1.807, 2.05) is 0 Å². The zero-order valence-electron chi connectivity index (χ0n) is 14.3. The number of carbonyl (C=O) groups excluding carboxylic acids is 2. The van der Waals surface area contributed by atoms with Crippen molar-refractivity contribution < 1.29 is 19.1 Å². The lowest BCUT2D eigenvalue weighted by molar-refractivity contribution is -0.124. The van der Waals surface area contributed by atoms with Crippen LogP contribution >= 0.6 is 11.6 Å². The van der Waals surface area contributed by atoms with E-state index in [2.05, 4.69) is 10.6 Å². The predicted molar refractivity (Wildman–Crippen MR) is 100 cm³/mol. The van der Waals surface area contributed by atoms with Crippen LogP contribution in [0.2, 0.25) is 5.02 Å². The zero-order chi connectivity index (χ0) is 18.5. The van der Waals surface area contributed by atoms with E-state index in [0.29, 0.717) is 40.7 Å². The quantitative estimate of drug-likeness (QED) is 0.836. The van der Waals surface area contributed by atoms with Gasteiger partial charge in [-0.25, -0.2) is 0 Å². The van der Waals surface area contributed by atoms with Crippen LogP contribution in [-0.4, -0.2) is 31.6 Å². The molecule has 26 heavy (non-hydrogen) atoms. The first-order valence-corrected chi connectivity index (χ1v) is 8.62. The molecule has 2 amide bonds. The molecule has 0 bridgehead atoms. The highest BCUT2D eigenvalue weighted by atomic mass is 35.5. The number of hydrogen-bond acceptors (Lipinski definition) is 4. The number of nitrogens with one attached hydrogen (secondary N) is 2. The molecule has 0 aliphatic carbocycles. The molecule has 1 fully saturated rings. The van der Waals surface area contributed by atoms with E-state index in [0.717, 1.165) is 6.42 Å². The van der Waals surface area contributed by atoms with Gasteiger partial charge >= 0.3 is 0 Å². The number of methoxy groups -OCH3 is 1. The van der Waals surface area contributed by atoms with E-state index in [-0.39, 0.29) is 11.8 Å². The molecule has 3 rings (SSSR count).